The Kier molecular flexibility index (Phi) is 5.07. The molecule has 3 rings (SSSR count). The standard InChI is InChI=1S/C21H22N2O4/c1-23-12-15(13-5-7-16(22)8-6-13)9-17(23)20(24)14-10-18(25-2)21(27-4)19(11-14)26-3/h5-12H,22H2,1-4H3. The molecule has 0 aliphatic rings. The molecule has 0 aliphatic carbocycles. The Balaban J connectivity index is 2.02. The average molecular weight is 366 g/mol. The first-order chi connectivity index (χ1) is 13.0. The molecule has 0 fully saturated rings. The van der Waals surface area contributed by atoms with Crippen LogP contribution in [0.25, 0.3) is 11.1 Å². The van der Waals surface area contributed by atoms with E-state index in [0.717, 1.165) is 11.1 Å². The summed E-state index contributed by atoms with van der Waals surface area (Å²) in [6.07, 6.45) is 1.91. The van der Waals surface area contributed by atoms with Crippen LogP contribution < -0.4 is 19.9 Å². The molecule has 2 aromatic carbocycles. The third-order valence-electron chi connectivity index (χ3n) is 4.41. The van der Waals surface area contributed by atoms with E-state index in [2.05, 4.69) is 0 Å². The Morgan fingerprint density at radius 1 is 0.889 bits per heavy atom. The molecule has 0 saturated carbocycles. The summed E-state index contributed by atoms with van der Waals surface area (Å²) in [6, 6.07) is 12.7. The summed E-state index contributed by atoms with van der Waals surface area (Å²) >= 11 is 0. The van der Waals surface area contributed by atoms with Crippen LogP contribution in [0.3, 0.4) is 0 Å². The van der Waals surface area contributed by atoms with Crippen LogP contribution in [-0.2, 0) is 7.05 Å². The second kappa shape index (κ2) is 7.45. The number of carbonyl (C=O) groups is 1. The van der Waals surface area contributed by atoms with Crippen LogP contribution >= 0.6 is 0 Å². The summed E-state index contributed by atoms with van der Waals surface area (Å²) in [6.45, 7) is 0. The number of ketones is 1. The summed E-state index contributed by atoms with van der Waals surface area (Å²) in [7, 11) is 6.41. The Morgan fingerprint density at radius 2 is 1.48 bits per heavy atom. The lowest BCUT2D eigenvalue weighted by Gasteiger charge is -2.13. The highest BCUT2D eigenvalue weighted by molar-refractivity contribution is 6.09. The molecule has 0 amide bonds. The number of hydrogen-bond donors (Lipinski definition) is 1. The summed E-state index contributed by atoms with van der Waals surface area (Å²) in [5, 5.41) is 0. The van der Waals surface area contributed by atoms with E-state index < -0.39 is 0 Å². The Bertz CT molecular complexity index is 949. The molecule has 1 aromatic heterocycles. The van der Waals surface area contributed by atoms with Gasteiger partial charge in [0.15, 0.2) is 11.5 Å². The van der Waals surface area contributed by atoms with Gasteiger partial charge in [-0.25, -0.2) is 0 Å². The van der Waals surface area contributed by atoms with Crippen LogP contribution in [0.5, 0.6) is 17.2 Å². The van der Waals surface area contributed by atoms with Crippen LogP contribution in [0, 0.1) is 0 Å². The third kappa shape index (κ3) is 3.46. The zero-order valence-electron chi connectivity index (χ0n) is 15.8. The largest absolute Gasteiger partial charge is 0.493 e. The fraction of sp³-hybridized carbons (Fsp3) is 0.190. The molecule has 6 nitrogen and oxygen atoms in total. The van der Waals surface area contributed by atoms with E-state index in [1.165, 1.54) is 21.3 Å². The van der Waals surface area contributed by atoms with Crippen molar-refractivity contribution in [1.82, 2.24) is 4.57 Å². The van der Waals surface area contributed by atoms with E-state index in [-0.39, 0.29) is 5.78 Å². The van der Waals surface area contributed by atoms with Gasteiger partial charge in [-0.15, -0.1) is 0 Å². The fourth-order valence-corrected chi connectivity index (χ4v) is 2.98. The summed E-state index contributed by atoms with van der Waals surface area (Å²) < 4.78 is 17.8. The summed E-state index contributed by atoms with van der Waals surface area (Å²) in [5.41, 5.74) is 9.38. The number of nitrogens with two attached hydrogens (primary N) is 1. The second-order valence-corrected chi connectivity index (χ2v) is 6.09. The topological polar surface area (TPSA) is 75.7 Å². The quantitative estimate of drug-likeness (QED) is 0.533. The highest BCUT2D eigenvalue weighted by atomic mass is 16.5. The molecule has 2 N–H and O–H groups in total. The minimum atomic E-state index is -0.140. The van der Waals surface area contributed by atoms with E-state index in [0.29, 0.717) is 34.2 Å². The van der Waals surface area contributed by atoms with Crippen molar-refractivity contribution in [3.05, 3.63) is 59.9 Å². The molecule has 1 heterocycles. The van der Waals surface area contributed by atoms with E-state index >= 15 is 0 Å². The molecule has 0 atom stereocenters. The maximum atomic E-state index is 13.1. The molecule has 27 heavy (non-hydrogen) atoms. The van der Waals surface area contributed by atoms with E-state index in [9.17, 15) is 4.79 Å². The number of anilines is 1. The van der Waals surface area contributed by atoms with Crippen molar-refractivity contribution in [2.75, 3.05) is 27.1 Å². The van der Waals surface area contributed by atoms with Crippen LogP contribution in [0.4, 0.5) is 5.69 Å². The number of benzene rings is 2. The van der Waals surface area contributed by atoms with Crippen molar-refractivity contribution in [2.45, 2.75) is 0 Å². The van der Waals surface area contributed by atoms with Crippen molar-refractivity contribution in [1.29, 1.82) is 0 Å². The van der Waals surface area contributed by atoms with E-state index in [1.54, 1.807) is 16.7 Å². The molecular weight excluding hydrogens is 344 g/mol. The Labute approximate surface area is 158 Å². The van der Waals surface area contributed by atoms with E-state index in [1.807, 2.05) is 43.6 Å². The van der Waals surface area contributed by atoms with Gasteiger partial charge in [0.25, 0.3) is 0 Å². The summed E-state index contributed by atoms with van der Waals surface area (Å²) in [5.74, 6) is 1.19. The van der Waals surface area contributed by atoms with Crippen molar-refractivity contribution < 1.29 is 19.0 Å². The number of aryl methyl sites for hydroxylation is 1. The monoisotopic (exact) mass is 366 g/mol. The van der Waals surface area contributed by atoms with Gasteiger partial charge >= 0.3 is 0 Å². The molecular formula is C21H22N2O4. The zero-order chi connectivity index (χ0) is 19.6. The maximum Gasteiger partial charge on any atom is 0.209 e. The minimum absolute atomic E-state index is 0.140. The first-order valence-electron chi connectivity index (χ1n) is 8.35. The summed E-state index contributed by atoms with van der Waals surface area (Å²) in [4.78, 5) is 13.1. The van der Waals surface area contributed by atoms with Gasteiger partial charge in [0, 0.05) is 30.1 Å². The number of hydrogen-bond acceptors (Lipinski definition) is 5. The highest BCUT2D eigenvalue weighted by Gasteiger charge is 2.20. The van der Waals surface area contributed by atoms with Crippen LogP contribution in [0.15, 0.2) is 48.7 Å². The van der Waals surface area contributed by atoms with Gasteiger partial charge in [-0.05, 0) is 35.9 Å². The first-order valence-corrected chi connectivity index (χ1v) is 8.35. The lowest BCUT2D eigenvalue weighted by Crippen LogP contribution is -2.08. The Morgan fingerprint density at radius 3 is 2.00 bits per heavy atom. The lowest BCUT2D eigenvalue weighted by molar-refractivity contribution is 0.103. The molecule has 0 bridgehead atoms. The van der Waals surface area contributed by atoms with Crippen LogP contribution in [0.1, 0.15) is 16.1 Å². The van der Waals surface area contributed by atoms with Crippen LogP contribution in [-0.4, -0.2) is 31.7 Å². The van der Waals surface area contributed by atoms with Gasteiger partial charge in [0.2, 0.25) is 11.5 Å². The first kappa shape index (κ1) is 18.4. The fourth-order valence-electron chi connectivity index (χ4n) is 2.98. The van der Waals surface area contributed by atoms with Gasteiger partial charge < -0.3 is 24.5 Å². The molecule has 0 aliphatic heterocycles. The predicted molar refractivity (Wildman–Crippen MR) is 105 cm³/mol. The molecule has 0 radical (unpaired) electrons. The highest BCUT2D eigenvalue weighted by Crippen LogP contribution is 2.39. The van der Waals surface area contributed by atoms with Crippen molar-refractivity contribution in [2.24, 2.45) is 7.05 Å². The number of carbonyl (C=O) groups excluding carboxylic acids is 1. The van der Waals surface area contributed by atoms with Crippen LogP contribution in [0.2, 0.25) is 0 Å². The Hall–Kier alpha value is -3.41. The lowest BCUT2D eigenvalue weighted by atomic mass is 10.0. The van der Waals surface area contributed by atoms with Crippen molar-refractivity contribution in [3.8, 4) is 28.4 Å². The number of ether oxygens (including phenoxy) is 3. The van der Waals surface area contributed by atoms with Crippen molar-refractivity contribution in [3.63, 3.8) is 0 Å². The van der Waals surface area contributed by atoms with Gasteiger partial charge in [-0.1, -0.05) is 12.1 Å². The van der Waals surface area contributed by atoms with Gasteiger partial charge in [-0.2, -0.15) is 0 Å². The average Bonchev–Trinajstić information content (AvgIpc) is 3.08. The molecule has 0 unspecified atom stereocenters. The zero-order valence-corrected chi connectivity index (χ0v) is 15.8. The number of rotatable bonds is 6. The number of aromatic nitrogens is 1. The predicted octanol–water partition coefficient (Wildman–Crippen LogP) is 3.53. The number of methoxy groups -OCH3 is 3. The molecule has 6 heteroatoms. The van der Waals surface area contributed by atoms with Crippen molar-refractivity contribution >= 4 is 11.5 Å². The maximum absolute atomic E-state index is 13.1. The third-order valence-corrected chi connectivity index (χ3v) is 4.41. The van der Waals surface area contributed by atoms with Gasteiger partial charge in [0.05, 0.1) is 27.0 Å². The normalized spacial score (nSPS) is 10.5. The molecule has 0 saturated heterocycles. The second-order valence-electron chi connectivity index (χ2n) is 6.09. The van der Waals surface area contributed by atoms with E-state index in [4.69, 9.17) is 19.9 Å². The number of nitrogen functional groups attached to an aromatic ring is 1. The smallest absolute Gasteiger partial charge is 0.209 e. The number of nitrogens with zero attached hydrogens (tertiary/aromatic N) is 1. The minimum Gasteiger partial charge on any atom is -0.493 e. The molecule has 140 valence electrons. The van der Waals surface area contributed by atoms with Gasteiger partial charge in [-0.3, -0.25) is 4.79 Å². The van der Waals surface area contributed by atoms with Gasteiger partial charge in [0.1, 0.15) is 0 Å². The molecule has 3 aromatic rings. The molecule has 0 spiro atoms. The SMILES string of the molecule is COc1cc(C(=O)c2cc(-c3ccc(N)cc3)cn2C)cc(OC)c1OC.